The number of furan rings is 1. The van der Waals surface area contributed by atoms with E-state index in [4.69, 9.17) is 10.2 Å². The summed E-state index contributed by atoms with van der Waals surface area (Å²) in [5, 5.41) is 0. The second-order valence-electron chi connectivity index (χ2n) is 5.73. The van der Waals surface area contributed by atoms with Crippen LogP contribution in [-0.2, 0) is 22.1 Å². The van der Waals surface area contributed by atoms with Crippen LogP contribution in [-0.4, -0.2) is 54.9 Å². The zero-order valence-electron chi connectivity index (χ0n) is 14.3. The number of nitrogen functional groups attached to an aromatic ring is 1. The minimum absolute atomic E-state index is 0.0646. The lowest BCUT2D eigenvalue weighted by Crippen LogP contribution is -2.11. The van der Waals surface area contributed by atoms with Crippen molar-refractivity contribution in [3.8, 4) is 0 Å². The summed E-state index contributed by atoms with van der Waals surface area (Å²) < 4.78 is 42.8. The molecule has 1 unspecified atom stereocenters. The minimum Gasteiger partial charge on any atom is -0.569 e. The van der Waals surface area contributed by atoms with E-state index < -0.39 is 20.8 Å². The van der Waals surface area contributed by atoms with Gasteiger partial charge in [0.15, 0.2) is 11.2 Å². The topological polar surface area (TPSA) is 128 Å². The van der Waals surface area contributed by atoms with Gasteiger partial charge in [0.1, 0.15) is 11.5 Å². The van der Waals surface area contributed by atoms with Crippen molar-refractivity contribution in [2.24, 2.45) is 4.99 Å². The van der Waals surface area contributed by atoms with Crippen LogP contribution in [0.15, 0.2) is 25.8 Å². The highest BCUT2D eigenvalue weighted by atomic mass is 32.3. The Hall–Kier alpha value is -1.27. The second-order valence-corrected chi connectivity index (χ2v) is 10.2. The van der Waals surface area contributed by atoms with E-state index in [9.17, 15) is 13.0 Å². The van der Waals surface area contributed by atoms with E-state index in [0.29, 0.717) is 12.3 Å². The highest BCUT2D eigenvalue weighted by molar-refractivity contribution is 7.98. The third kappa shape index (κ3) is 5.61. The Labute approximate surface area is 154 Å². The first-order valence-corrected chi connectivity index (χ1v) is 11.6. The summed E-state index contributed by atoms with van der Waals surface area (Å²) in [5.41, 5.74) is 5.84. The summed E-state index contributed by atoms with van der Waals surface area (Å²) in [7, 11) is -1.53. The average Bonchev–Trinajstić information content (AvgIpc) is 3.02. The molecule has 25 heavy (non-hydrogen) atoms. The van der Waals surface area contributed by atoms with Gasteiger partial charge in [0.2, 0.25) is 9.84 Å². The molecule has 0 amide bonds. The Morgan fingerprint density at radius 2 is 2.08 bits per heavy atom. The Kier molecular flexibility index (Phi) is 6.74. The largest absolute Gasteiger partial charge is 0.569 e. The molecule has 2 aromatic heterocycles. The van der Waals surface area contributed by atoms with Crippen molar-refractivity contribution >= 4 is 38.2 Å². The van der Waals surface area contributed by atoms with Crippen LogP contribution in [0.5, 0.6) is 0 Å². The lowest BCUT2D eigenvalue weighted by atomic mass is 10.4. The smallest absolute Gasteiger partial charge is 0.311 e. The number of nitrogens with one attached hydrogen (secondary N) is 1. The number of nitrogens with two attached hydrogens (primary N) is 1. The Morgan fingerprint density at radius 3 is 2.68 bits per heavy atom. The fraction of sp³-hybridized carbons (Fsp3) is 0.500. The Balaban J connectivity index is 1.89. The van der Waals surface area contributed by atoms with Gasteiger partial charge in [-0.3, -0.25) is 4.99 Å². The number of rotatable bonds is 8. The molecule has 0 aliphatic carbocycles. The maximum atomic E-state index is 11.8. The van der Waals surface area contributed by atoms with Crippen LogP contribution >= 0.6 is 22.7 Å². The molecule has 8 nitrogen and oxygen atoms in total. The molecule has 0 spiro atoms. The van der Waals surface area contributed by atoms with Crippen molar-refractivity contribution in [1.82, 2.24) is 9.27 Å². The molecule has 2 aromatic rings. The van der Waals surface area contributed by atoms with Crippen molar-refractivity contribution in [3.05, 3.63) is 29.1 Å². The number of aromatic nitrogens is 1. The van der Waals surface area contributed by atoms with E-state index in [1.165, 1.54) is 0 Å². The van der Waals surface area contributed by atoms with Gasteiger partial charge in [0.05, 0.1) is 29.8 Å². The van der Waals surface area contributed by atoms with Crippen LogP contribution in [0.25, 0.3) is 0 Å². The molecule has 0 saturated heterocycles. The quantitative estimate of drug-likeness (QED) is 0.498. The lowest BCUT2D eigenvalue weighted by molar-refractivity contribution is 0.344. The Morgan fingerprint density at radius 1 is 1.40 bits per heavy atom. The maximum Gasteiger partial charge on any atom is 0.311 e. The van der Waals surface area contributed by atoms with Gasteiger partial charge in [-0.2, -0.15) is 16.1 Å². The number of anilines is 1. The van der Waals surface area contributed by atoms with Gasteiger partial charge < -0.3 is 19.6 Å². The van der Waals surface area contributed by atoms with Gasteiger partial charge in [-0.25, -0.2) is 8.42 Å². The van der Waals surface area contributed by atoms with E-state index in [0.717, 1.165) is 30.1 Å². The monoisotopic (exact) mass is 406 g/mol. The van der Waals surface area contributed by atoms with Crippen molar-refractivity contribution in [3.63, 3.8) is 0 Å². The summed E-state index contributed by atoms with van der Waals surface area (Å²) in [6, 6.07) is 3.92. The Bertz CT molecular complexity index is 880. The number of hydrogen-bond acceptors (Lipinski definition) is 8. The minimum atomic E-state index is -3.62. The fourth-order valence-corrected chi connectivity index (χ4v) is 5.31. The van der Waals surface area contributed by atoms with E-state index in [2.05, 4.69) is 9.37 Å². The normalized spacial score (nSPS) is 13.8. The van der Waals surface area contributed by atoms with Crippen LogP contribution in [0.4, 0.5) is 5.69 Å². The molecule has 140 valence electrons. The van der Waals surface area contributed by atoms with Crippen LogP contribution < -0.4 is 11.2 Å². The van der Waals surface area contributed by atoms with Gasteiger partial charge in [-0.15, -0.1) is 0 Å². The molecule has 2 rings (SSSR count). The molecule has 0 aliphatic heterocycles. The van der Waals surface area contributed by atoms with E-state index >= 15 is 0 Å². The molecular formula is C14H22N4O4S3. The summed E-state index contributed by atoms with van der Waals surface area (Å²) in [5.74, 6) is 3.23. The predicted molar refractivity (Wildman–Crippen MR) is 99.7 cm³/mol. The van der Waals surface area contributed by atoms with Crippen LogP contribution in [0, 0.1) is 0 Å². The van der Waals surface area contributed by atoms with Crippen LogP contribution in [0.3, 0.4) is 0 Å². The number of aromatic amines is 1. The zero-order valence-corrected chi connectivity index (χ0v) is 16.8. The highest BCUT2D eigenvalue weighted by Gasteiger charge is 2.26. The molecule has 3 N–H and O–H groups in total. The highest BCUT2D eigenvalue weighted by Crippen LogP contribution is 2.25. The molecule has 0 radical (unpaired) electrons. The standard InChI is InChI=1S/C14H22N4O4S3/c1-18(2)8-10-4-5-11(22-10)9-23-7-6-16-13-12(15)14(24(19)17-13)25(3,20)21/h4-5H,6-9,15H2,1-3H3,(H,16,17). The van der Waals surface area contributed by atoms with Gasteiger partial charge in [-0.05, 0) is 26.2 Å². The number of H-pyrrole nitrogens is 1. The molecule has 0 aliphatic rings. The summed E-state index contributed by atoms with van der Waals surface area (Å²) in [6.45, 7) is 1.18. The summed E-state index contributed by atoms with van der Waals surface area (Å²) in [4.78, 5) is 6.24. The predicted octanol–water partition coefficient (Wildman–Crippen LogP) is 1.22. The van der Waals surface area contributed by atoms with Crippen LogP contribution in [0.2, 0.25) is 0 Å². The van der Waals surface area contributed by atoms with Crippen molar-refractivity contribution < 1.29 is 17.4 Å². The molecule has 2 heterocycles. The van der Waals surface area contributed by atoms with E-state index in [1.807, 2.05) is 31.1 Å². The summed E-state index contributed by atoms with van der Waals surface area (Å²) in [6.07, 6.45) is 0.974. The van der Waals surface area contributed by atoms with E-state index in [-0.39, 0.29) is 15.4 Å². The first-order chi connectivity index (χ1) is 11.7. The van der Waals surface area contributed by atoms with Gasteiger partial charge in [-0.1, -0.05) is 0 Å². The molecule has 0 saturated carbocycles. The fourth-order valence-electron chi connectivity index (χ4n) is 2.13. The van der Waals surface area contributed by atoms with Crippen LogP contribution in [0.1, 0.15) is 11.5 Å². The molecule has 0 aromatic carbocycles. The summed E-state index contributed by atoms with van der Waals surface area (Å²) >= 11 is 1.64. The third-order valence-corrected chi connectivity index (χ3v) is 7.26. The first kappa shape index (κ1) is 20.0. The second kappa shape index (κ2) is 8.41. The zero-order chi connectivity index (χ0) is 18.6. The maximum absolute atomic E-state index is 11.8. The number of thioether (sulfide) groups is 1. The third-order valence-electron chi connectivity index (χ3n) is 3.11. The molecule has 0 bridgehead atoms. The van der Waals surface area contributed by atoms with Crippen molar-refractivity contribution in [2.75, 3.05) is 38.4 Å². The molecular weight excluding hydrogens is 384 g/mol. The van der Waals surface area contributed by atoms with Crippen molar-refractivity contribution in [1.29, 1.82) is 0 Å². The number of nitrogens with zero attached hydrogens (tertiary/aromatic N) is 2. The average molecular weight is 407 g/mol. The number of hydrogen-bond donors (Lipinski definition) is 2. The van der Waals surface area contributed by atoms with Gasteiger partial charge in [0.25, 0.3) is 0 Å². The van der Waals surface area contributed by atoms with Gasteiger partial charge >= 0.3 is 4.21 Å². The van der Waals surface area contributed by atoms with E-state index in [1.54, 1.807) is 11.8 Å². The van der Waals surface area contributed by atoms with Crippen molar-refractivity contribution in [2.45, 2.75) is 16.5 Å². The lowest BCUT2D eigenvalue weighted by Gasteiger charge is -2.05. The molecule has 0 fully saturated rings. The SMILES string of the molecule is CN(C)Cc1ccc(CSCCN=c2[nH][s+]([O-])c(S(C)(=O)=O)c2N)o1. The molecule has 1 atom stereocenters. The van der Waals surface area contributed by atoms with Gasteiger partial charge in [0, 0.05) is 12.0 Å². The molecule has 11 heteroatoms. The number of sulfone groups is 1. The first-order valence-electron chi connectivity index (χ1n) is 7.41.